The molecule has 0 saturated heterocycles. The molecule has 0 radical (unpaired) electrons. The van der Waals surface area contributed by atoms with Crippen LogP contribution in [0.2, 0.25) is 0 Å². The summed E-state index contributed by atoms with van der Waals surface area (Å²) in [5.41, 5.74) is 10.9. The summed E-state index contributed by atoms with van der Waals surface area (Å²) in [6.45, 7) is 13.1. The van der Waals surface area contributed by atoms with Crippen LogP contribution in [0.3, 0.4) is 0 Å². The molecule has 0 fully saturated rings. The summed E-state index contributed by atoms with van der Waals surface area (Å²) < 4.78 is 2.12. The number of hydrogen-bond donors (Lipinski definition) is 1. The number of benzene rings is 2. The number of H-pyrrole nitrogens is 1. The number of nitrogens with zero attached hydrogens (tertiary/aromatic N) is 3. The van der Waals surface area contributed by atoms with Gasteiger partial charge in [0.25, 0.3) is 0 Å². The molecule has 1 N–H and O–H groups in total. The Hall–Kier alpha value is -2.62. The quantitative estimate of drug-likeness (QED) is 0.561. The summed E-state index contributed by atoms with van der Waals surface area (Å²) in [6, 6.07) is 6.26. The van der Waals surface area contributed by atoms with E-state index in [1.165, 1.54) is 38.5 Å². The van der Waals surface area contributed by atoms with Gasteiger partial charge in [0.2, 0.25) is 0 Å². The predicted octanol–water partition coefficient (Wildman–Crippen LogP) is 5.01. The Morgan fingerprint density at radius 1 is 0.920 bits per heavy atom. The van der Waals surface area contributed by atoms with Crippen LogP contribution in [0.4, 0.5) is 0 Å². The highest BCUT2D eigenvalue weighted by Crippen LogP contribution is 2.34. The Morgan fingerprint density at radius 3 is 2.36 bits per heavy atom. The predicted molar refractivity (Wildman–Crippen MR) is 104 cm³/mol. The molecule has 128 valence electrons. The van der Waals surface area contributed by atoms with Crippen LogP contribution in [-0.4, -0.2) is 20.0 Å². The minimum atomic E-state index is 0.918. The Morgan fingerprint density at radius 2 is 1.64 bits per heavy atom. The van der Waals surface area contributed by atoms with Gasteiger partial charge in [-0.2, -0.15) is 10.2 Å². The number of hydrogen-bond acceptors (Lipinski definition) is 2. The summed E-state index contributed by atoms with van der Waals surface area (Å²) in [4.78, 5) is 0. The Kier molecular flexibility index (Phi) is 3.46. The Balaban J connectivity index is 2.19. The van der Waals surface area contributed by atoms with Gasteiger partial charge in [0.15, 0.2) is 0 Å². The van der Waals surface area contributed by atoms with Crippen molar-refractivity contribution < 1.29 is 0 Å². The zero-order valence-corrected chi connectivity index (χ0v) is 15.8. The number of aryl methyl sites for hydroxylation is 4. The first-order valence-corrected chi connectivity index (χ1v) is 8.87. The maximum atomic E-state index is 4.94. The lowest BCUT2D eigenvalue weighted by Gasteiger charge is -2.14. The molecule has 0 bridgehead atoms. The van der Waals surface area contributed by atoms with Gasteiger partial charge in [0.05, 0.1) is 22.4 Å². The lowest BCUT2D eigenvalue weighted by molar-refractivity contribution is 0.890. The highest BCUT2D eigenvalue weighted by atomic mass is 15.3. The van der Waals surface area contributed by atoms with Crippen LogP contribution in [0, 0.1) is 34.6 Å². The van der Waals surface area contributed by atoms with Gasteiger partial charge in [-0.25, -0.2) is 4.68 Å². The third-order valence-corrected chi connectivity index (χ3v) is 5.69. The van der Waals surface area contributed by atoms with Crippen molar-refractivity contribution in [2.75, 3.05) is 0 Å². The molecule has 2 aromatic heterocycles. The third kappa shape index (κ3) is 2.06. The molecule has 0 unspecified atom stereocenters. The summed E-state index contributed by atoms with van der Waals surface area (Å²) >= 11 is 0. The van der Waals surface area contributed by atoms with Gasteiger partial charge < -0.3 is 0 Å². The van der Waals surface area contributed by atoms with E-state index >= 15 is 0 Å². The lowest BCUT2D eigenvalue weighted by atomic mass is 9.94. The summed E-state index contributed by atoms with van der Waals surface area (Å²) in [7, 11) is 0. The molecule has 0 aliphatic rings. The highest BCUT2D eigenvalue weighted by Gasteiger charge is 2.20. The second kappa shape index (κ2) is 5.45. The number of aromatic nitrogens is 4. The van der Waals surface area contributed by atoms with Crippen molar-refractivity contribution in [3.8, 4) is 5.69 Å². The number of nitrogens with one attached hydrogen (secondary N) is 1. The zero-order chi connectivity index (χ0) is 17.9. The van der Waals surface area contributed by atoms with E-state index in [9.17, 15) is 0 Å². The van der Waals surface area contributed by atoms with E-state index in [-0.39, 0.29) is 0 Å². The zero-order valence-electron chi connectivity index (χ0n) is 15.8. The van der Waals surface area contributed by atoms with Crippen molar-refractivity contribution in [3.63, 3.8) is 0 Å². The van der Waals surface area contributed by atoms with Gasteiger partial charge in [-0.3, -0.25) is 5.10 Å². The van der Waals surface area contributed by atoms with Gasteiger partial charge in [-0.05, 0) is 75.4 Å². The van der Waals surface area contributed by atoms with Crippen LogP contribution in [0.5, 0.6) is 0 Å². The van der Waals surface area contributed by atoms with Crippen LogP contribution < -0.4 is 0 Å². The Labute approximate surface area is 147 Å². The first-order chi connectivity index (χ1) is 12.0. The normalized spacial score (nSPS) is 11.8. The minimum absolute atomic E-state index is 0.918. The molecule has 4 aromatic rings. The van der Waals surface area contributed by atoms with Crippen LogP contribution in [0.1, 0.15) is 40.6 Å². The average Bonchev–Trinajstić information content (AvgIpc) is 3.18. The van der Waals surface area contributed by atoms with E-state index in [1.807, 2.05) is 0 Å². The van der Waals surface area contributed by atoms with Gasteiger partial charge in [-0.15, -0.1) is 0 Å². The molecule has 4 heteroatoms. The largest absolute Gasteiger partial charge is 0.281 e. The van der Waals surface area contributed by atoms with E-state index in [4.69, 9.17) is 5.10 Å². The second-order valence-corrected chi connectivity index (χ2v) is 6.95. The fraction of sp³-hybridized carbons (Fsp3) is 0.333. The Bertz CT molecular complexity index is 1130. The molecular weight excluding hydrogens is 308 g/mol. The molecule has 0 aliphatic heterocycles. The average molecular weight is 332 g/mol. The molecule has 0 amide bonds. The van der Waals surface area contributed by atoms with Crippen molar-refractivity contribution in [1.29, 1.82) is 0 Å². The van der Waals surface area contributed by atoms with E-state index in [0.29, 0.717) is 0 Å². The van der Waals surface area contributed by atoms with E-state index in [0.717, 1.165) is 29.0 Å². The molecule has 4 rings (SSSR count). The topological polar surface area (TPSA) is 46.5 Å². The van der Waals surface area contributed by atoms with E-state index < -0.39 is 0 Å². The van der Waals surface area contributed by atoms with Crippen molar-refractivity contribution in [1.82, 2.24) is 20.0 Å². The third-order valence-electron chi connectivity index (χ3n) is 5.69. The van der Waals surface area contributed by atoms with Crippen LogP contribution in [-0.2, 0) is 6.42 Å². The van der Waals surface area contributed by atoms with Crippen molar-refractivity contribution in [2.24, 2.45) is 0 Å². The monoisotopic (exact) mass is 332 g/mol. The molecule has 0 spiro atoms. The van der Waals surface area contributed by atoms with Crippen LogP contribution >= 0.6 is 0 Å². The maximum Gasteiger partial charge on any atom is 0.0945 e. The molecule has 2 aromatic carbocycles. The van der Waals surface area contributed by atoms with E-state index in [2.05, 4.69) is 74.6 Å². The fourth-order valence-electron chi connectivity index (χ4n) is 3.97. The van der Waals surface area contributed by atoms with Crippen molar-refractivity contribution >= 4 is 21.8 Å². The molecular formula is C21H24N4. The van der Waals surface area contributed by atoms with Gasteiger partial charge in [-0.1, -0.05) is 13.0 Å². The number of aromatic amines is 1. The molecule has 2 heterocycles. The summed E-state index contributed by atoms with van der Waals surface area (Å²) in [6.07, 6.45) is 0.918. The van der Waals surface area contributed by atoms with Crippen LogP contribution in [0.15, 0.2) is 18.2 Å². The van der Waals surface area contributed by atoms with Gasteiger partial charge in [0.1, 0.15) is 0 Å². The maximum absolute atomic E-state index is 4.94. The molecule has 4 nitrogen and oxygen atoms in total. The first-order valence-electron chi connectivity index (χ1n) is 8.87. The lowest BCUT2D eigenvalue weighted by Crippen LogP contribution is -2.01. The van der Waals surface area contributed by atoms with Gasteiger partial charge >= 0.3 is 0 Å². The van der Waals surface area contributed by atoms with Crippen molar-refractivity contribution in [2.45, 2.75) is 48.0 Å². The smallest absolute Gasteiger partial charge is 0.0945 e. The number of fused-ring (bicyclic) bond motifs is 2. The number of rotatable bonds is 2. The summed E-state index contributed by atoms with van der Waals surface area (Å²) in [5.74, 6) is 0. The molecule has 0 atom stereocenters. The van der Waals surface area contributed by atoms with Crippen molar-refractivity contribution in [3.05, 3.63) is 51.8 Å². The summed E-state index contributed by atoms with van der Waals surface area (Å²) in [5, 5.41) is 15.0. The molecule has 0 saturated carbocycles. The van der Waals surface area contributed by atoms with Gasteiger partial charge in [0, 0.05) is 16.5 Å². The standard InChI is InChI=1S/C21H24N4/c1-7-16-20-17(23-22-16)9-8-10-18(20)25-21-14(5)12(3)11(2)13(4)19(21)15(6)24-25/h8-10H,7H2,1-6H3,(H,22,23). The molecule has 25 heavy (non-hydrogen) atoms. The van der Waals surface area contributed by atoms with E-state index in [1.54, 1.807) is 0 Å². The minimum Gasteiger partial charge on any atom is -0.281 e. The van der Waals surface area contributed by atoms with Crippen LogP contribution in [0.25, 0.3) is 27.5 Å². The highest BCUT2D eigenvalue weighted by molar-refractivity contribution is 5.95. The SMILES string of the molecule is CCc1[nH]nc2cccc(-n3nc(C)c4c(C)c(C)c(C)c(C)c43)c12. The molecule has 0 aliphatic carbocycles. The first kappa shape index (κ1) is 15.9. The second-order valence-electron chi connectivity index (χ2n) is 6.95. The fourth-order valence-corrected chi connectivity index (χ4v) is 3.97.